The van der Waals surface area contributed by atoms with Crippen LogP contribution in [0.25, 0.3) is 5.57 Å². The number of aliphatic imine (C=N–C) groups is 1. The molecule has 2 aliphatic rings. The molecule has 2 amide bonds. The number of nitrogens with zero attached hydrogens (tertiary/aromatic N) is 4. The molecule has 1 aromatic rings. The Labute approximate surface area is 187 Å². The normalized spacial score (nSPS) is 20.2. The molecule has 10 heteroatoms. The summed E-state index contributed by atoms with van der Waals surface area (Å²) in [5.41, 5.74) is 1.86. The minimum absolute atomic E-state index is 0.0873. The number of carbonyl (C=O) groups excluding carboxylic acids is 2. The van der Waals surface area contributed by atoms with Crippen molar-refractivity contribution in [3.8, 4) is 0 Å². The second-order valence-corrected chi connectivity index (χ2v) is 8.54. The average molecular weight is 447 g/mol. The third kappa shape index (κ3) is 4.40. The number of rotatable bonds is 4. The van der Waals surface area contributed by atoms with Crippen molar-refractivity contribution in [3.05, 3.63) is 34.9 Å². The quantitative estimate of drug-likeness (QED) is 0.654. The first-order valence-corrected chi connectivity index (χ1v) is 10.4. The predicted octanol–water partition coefficient (Wildman–Crippen LogP) is 3.22. The van der Waals surface area contributed by atoms with Gasteiger partial charge in [-0.25, -0.2) is 19.8 Å². The zero-order valence-corrected chi connectivity index (χ0v) is 19.8. The molecule has 0 fully saturated rings. The maximum absolute atomic E-state index is 13.2. The van der Waals surface area contributed by atoms with Crippen LogP contribution in [0.1, 0.15) is 44.7 Å². The van der Waals surface area contributed by atoms with Gasteiger partial charge in [0.1, 0.15) is 17.4 Å². The molecule has 0 saturated heterocycles. The molecule has 2 heterocycles. The van der Waals surface area contributed by atoms with Crippen LogP contribution in [-0.4, -0.2) is 65.5 Å². The lowest BCUT2D eigenvalue weighted by Crippen LogP contribution is -2.43. The average Bonchev–Trinajstić information content (AvgIpc) is 3.24. The number of aryl methyl sites for hydroxylation is 2. The van der Waals surface area contributed by atoms with E-state index in [1.807, 2.05) is 6.92 Å². The van der Waals surface area contributed by atoms with E-state index >= 15 is 0 Å². The van der Waals surface area contributed by atoms with E-state index in [0.29, 0.717) is 29.3 Å². The van der Waals surface area contributed by atoms with Gasteiger partial charge < -0.3 is 14.0 Å². The van der Waals surface area contributed by atoms with Crippen molar-refractivity contribution in [1.29, 1.82) is 0 Å². The molecular weight excluding hydrogens is 416 g/mol. The molecule has 0 aromatic carbocycles. The topological polar surface area (TPSA) is 107 Å². The summed E-state index contributed by atoms with van der Waals surface area (Å²) in [4.78, 5) is 37.3. The van der Waals surface area contributed by atoms with Crippen LogP contribution in [0.15, 0.2) is 27.4 Å². The second kappa shape index (κ2) is 8.78. The molecular formula is C22H30N4O6. The third-order valence-electron chi connectivity index (χ3n) is 5.05. The van der Waals surface area contributed by atoms with Gasteiger partial charge in [-0.2, -0.15) is 0 Å². The van der Waals surface area contributed by atoms with E-state index in [1.165, 1.54) is 19.1 Å². The van der Waals surface area contributed by atoms with Crippen molar-refractivity contribution in [2.45, 2.75) is 53.2 Å². The maximum atomic E-state index is 13.2. The Balaban J connectivity index is 2.14. The predicted molar refractivity (Wildman–Crippen MR) is 116 cm³/mol. The molecule has 0 radical (unpaired) electrons. The molecule has 1 aliphatic carbocycles. The molecule has 0 spiro atoms. The van der Waals surface area contributed by atoms with Gasteiger partial charge in [0.25, 0.3) is 5.91 Å². The van der Waals surface area contributed by atoms with Gasteiger partial charge in [0.05, 0.1) is 31.0 Å². The lowest BCUT2D eigenvalue weighted by atomic mass is 9.85. The van der Waals surface area contributed by atoms with E-state index in [0.717, 1.165) is 10.6 Å². The van der Waals surface area contributed by atoms with E-state index in [4.69, 9.17) is 18.8 Å². The van der Waals surface area contributed by atoms with E-state index in [2.05, 4.69) is 10.1 Å². The molecule has 2 unspecified atom stereocenters. The van der Waals surface area contributed by atoms with E-state index in [1.54, 1.807) is 46.8 Å². The molecule has 3 rings (SSSR count). The zero-order valence-electron chi connectivity index (χ0n) is 19.8. The summed E-state index contributed by atoms with van der Waals surface area (Å²) in [6.07, 6.45) is 2.96. The zero-order chi connectivity index (χ0) is 23.8. The maximum Gasteiger partial charge on any atom is 0.422 e. The Morgan fingerprint density at radius 1 is 1.28 bits per heavy atom. The number of hydroxylamine groups is 2. The number of carbonyl (C=O) groups is 2. The number of aromatic nitrogens is 1. The number of amidine groups is 1. The highest BCUT2D eigenvalue weighted by Crippen LogP contribution is 2.39. The van der Waals surface area contributed by atoms with Gasteiger partial charge in [-0.15, -0.1) is 0 Å². The van der Waals surface area contributed by atoms with Gasteiger partial charge in [0.2, 0.25) is 0 Å². The minimum Gasteiger partial charge on any atom is -0.465 e. The SMILES string of the molecule is CCOC1=NC2C(=CC(c3c(C)noc3C)=CC2C(=O)N(C)OC)N1C(=O)OC(C)(C)C. The molecule has 10 nitrogen and oxygen atoms in total. The summed E-state index contributed by atoms with van der Waals surface area (Å²) in [5.74, 6) is -0.465. The monoisotopic (exact) mass is 446 g/mol. The van der Waals surface area contributed by atoms with E-state index < -0.39 is 23.7 Å². The number of amides is 2. The highest BCUT2D eigenvalue weighted by atomic mass is 16.7. The Morgan fingerprint density at radius 2 is 1.97 bits per heavy atom. The van der Waals surface area contributed by atoms with Gasteiger partial charge in [-0.1, -0.05) is 11.2 Å². The summed E-state index contributed by atoms with van der Waals surface area (Å²) in [6.45, 7) is 11.0. The van der Waals surface area contributed by atoms with Crippen molar-refractivity contribution in [2.75, 3.05) is 20.8 Å². The Bertz CT molecular complexity index is 981. The van der Waals surface area contributed by atoms with Crippen LogP contribution in [0.5, 0.6) is 0 Å². The van der Waals surface area contributed by atoms with Crippen molar-refractivity contribution in [3.63, 3.8) is 0 Å². The number of hydrogen-bond acceptors (Lipinski definition) is 8. The fraction of sp³-hybridized carbons (Fsp3) is 0.545. The lowest BCUT2D eigenvalue weighted by Gasteiger charge is -2.30. The van der Waals surface area contributed by atoms with Gasteiger partial charge in [0, 0.05) is 12.6 Å². The molecule has 32 heavy (non-hydrogen) atoms. The summed E-state index contributed by atoms with van der Waals surface area (Å²) in [6, 6.07) is -0.595. The first-order chi connectivity index (χ1) is 15.0. The highest BCUT2D eigenvalue weighted by Gasteiger charge is 2.46. The molecule has 0 N–H and O–H groups in total. The molecule has 1 aliphatic heterocycles. The van der Waals surface area contributed by atoms with Crippen LogP contribution in [-0.2, 0) is 19.1 Å². The summed E-state index contributed by atoms with van der Waals surface area (Å²) in [7, 11) is 2.93. The lowest BCUT2D eigenvalue weighted by molar-refractivity contribution is -0.172. The Hall–Kier alpha value is -3.14. The molecule has 1 aromatic heterocycles. The van der Waals surface area contributed by atoms with E-state index in [9.17, 15) is 9.59 Å². The highest BCUT2D eigenvalue weighted by molar-refractivity contribution is 5.99. The Kier molecular flexibility index (Phi) is 6.45. The largest absolute Gasteiger partial charge is 0.465 e. The summed E-state index contributed by atoms with van der Waals surface area (Å²) >= 11 is 0. The standard InChI is InChI=1S/C22H30N4O6/c1-9-30-20-23-18-15(19(27)25(7)29-8)10-14(17-12(2)24-32-13(17)3)11-16(18)26(20)21(28)31-22(4,5)6/h10-11,15,18H,9H2,1-8H3. The summed E-state index contributed by atoms with van der Waals surface area (Å²) in [5, 5.41) is 5.16. The van der Waals surface area contributed by atoms with Crippen molar-refractivity contribution in [1.82, 2.24) is 15.1 Å². The van der Waals surface area contributed by atoms with Gasteiger partial charge in [0.15, 0.2) is 0 Å². The molecule has 2 atom stereocenters. The fourth-order valence-corrected chi connectivity index (χ4v) is 3.67. The second-order valence-electron chi connectivity index (χ2n) is 8.54. The molecule has 0 saturated carbocycles. The van der Waals surface area contributed by atoms with Gasteiger partial charge in [-0.05, 0) is 53.2 Å². The number of hydrogen-bond donors (Lipinski definition) is 0. The van der Waals surface area contributed by atoms with Crippen LogP contribution >= 0.6 is 0 Å². The van der Waals surface area contributed by atoms with E-state index in [-0.39, 0.29) is 11.9 Å². The molecule has 174 valence electrons. The summed E-state index contributed by atoms with van der Waals surface area (Å²) < 4.78 is 16.6. The number of ether oxygens (including phenoxy) is 2. The first-order valence-electron chi connectivity index (χ1n) is 10.4. The minimum atomic E-state index is -0.744. The van der Waals surface area contributed by atoms with Crippen molar-refractivity contribution >= 4 is 23.6 Å². The smallest absolute Gasteiger partial charge is 0.422 e. The third-order valence-corrected chi connectivity index (χ3v) is 5.05. The van der Waals surface area contributed by atoms with Crippen molar-refractivity contribution < 1.29 is 28.4 Å². The fourth-order valence-electron chi connectivity index (χ4n) is 3.67. The van der Waals surface area contributed by atoms with Crippen LogP contribution in [0.4, 0.5) is 4.79 Å². The Morgan fingerprint density at radius 3 is 2.50 bits per heavy atom. The number of allylic oxidation sites excluding steroid dienone is 2. The molecule has 0 bridgehead atoms. The van der Waals surface area contributed by atoms with Crippen LogP contribution in [0.3, 0.4) is 0 Å². The van der Waals surface area contributed by atoms with Crippen molar-refractivity contribution in [2.24, 2.45) is 10.9 Å². The van der Waals surface area contributed by atoms with Gasteiger partial charge >= 0.3 is 12.1 Å². The van der Waals surface area contributed by atoms with Crippen LogP contribution in [0, 0.1) is 19.8 Å². The van der Waals surface area contributed by atoms with Gasteiger partial charge in [-0.3, -0.25) is 9.63 Å². The first kappa shape index (κ1) is 23.5. The number of fused-ring (bicyclic) bond motifs is 1. The van der Waals surface area contributed by atoms with Crippen LogP contribution in [0.2, 0.25) is 0 Å². The van der Waals surface area contributed by atoms with Crippen LogP contribution < -0.4 is 0 Å².